The third-order valence-corrected chi connectivity index (χ3v) is 2.08. The number of rotatable bonds is 1. The SMILES string of the molecule is CC(C)N1CCN(N)CC1.Cl.Cl. The van der Waals surface area contributed by atoms with Gasteiger partial charge in [-0.15, -0.1) is 24.8 Å². The van der Waals surface area contributed by atoms with Gasteiger partial charge in [0.1, 0.15) is 0 Å². The van der Waals surface area contributed by atoms with Crippen molar-refractivity contribution in [1.82, 2.24) is 9.91 Å². The summed E-state index contributed by atoms with van der Waals surface area (Å²) in [6.07, 6.45) is 0. The molecule has 0 aliphatic carbocycles. The summed E-state index contributed by atoms with van der Waals surface area (Å²) in [7, 11) is 0. The summed E-state index contributed by atoms with van der Waals surface area (Å²) in [6.45, 7) is 8.72. The van der Waals surface area contributed by atoms with E-state index < -0.39 is 0 Å². The zero-order valence-corrected chi connectivity index (χ0v) is 9.33. The lowest BCUT2D eigenvalue weighted by atomic mass is 10.2. The number of hydrogen-bond donors (Lipinski definition) is 1. The van der Waals surface area contributed by atoms with Crippen LogP contribution in [-0.4, -0.2) is 42.1 Å². The van der Waals surface area contributed by atoms with Gasteiger partial charge in [0.25, 0.3) is 0 Å². The molecule has 0 aromatic rings. The van der Waals surface area contributed by atoms with Crippen molar-refractivity contribution in [2.45, 2.75) is 19.9 Å². The molecule has 1 aliphatic rings. The van der Waals surface area contributed by atoms with Gasteiger partial charge in [-0.25, -0.2) is 5.01 Å². The number of hydrazine groups is 1. The van der Waals surface area contributed by atoms with Gasteiger partial charge in [0, 0.05) is 32.2 Å². The minimum atomic E-state index is 0. The Bertz CT molecular complexity index is 103. The summed E-state index contributed by atoms with van der Waals surface area (Å²) in [5.74, 6) is 5.60. The summed E-state index contributed by atoms with van der Waals surface area (Å²) in [4.78, 5) is 2.45. The van der Waals surface area contributed by atoms with Crippen LogP contribution in [0, 0.1) is 0 Å². The molecule has 0 atom stereocenters. The van der Waals surface area contributed by atoms with E-state index in [2.05, 4.69) is 18.7 Å². The predicted octanol–water partition coefficient (Wildman–Crippen LogP) is 0.730. The molecule has 76 valence electrons. The predicted molar refractivity (Wildman–Crippen MR) is 57.0 cm³/mol. The minimum absolute atomic E-state index is 0. The lowest BCUT2D eigenvalue weighted by Gasteiger charge is -2.34. The smallest absolute Gasteiger partial charge is 0.0257 e. The fourth-order valence-electron chi connectivity index (χ4n) is 1.25. The second-order valence-electron chi connectivity index (χ2n) is 3.17. The minimum Gasteiger partial charge on any atom is -0.298 e. The van der Waals surface area contributed by atoms with Gasteiger partial charge in [-0.3, -0.25) is 10.7 Å². The van der Waals surface area contributed by atoms with E-state index in [-0.39, 0.29) is 24.8 Å². The molecule has 1 fully saturated rings. The Labute approximate surface area is 87.1 Å². The molecule has 0 amide bonds. The lowest BCUT2D eigenvalue weighted by molar-refractivity contribution is 0.109. The quantitative estimate of drug-likeness (QED) is 0.656. The molecule has 0 unspecified atom stereocenters. The second-order valence-corrected chi connectivity index (χ2v) is 3.17. The summed E-state index contributed by atoms with van der Waals surface area (Å²) >= 11 is 0. The molecular weight excluding hydrogens is 197 g/mol. The maximum Gasteiger partial charge on any atom is 0.0257 e. The van der Waals surface area contributed by atoms with Crippen molar-refractivity contribution in [2.75, 3.05) is 26.2 Å². The maximum atomic E-state index is 5.60. The molecule has 0 aromatic carbocycles. The molecule has 0 bridgehead atoms. The van der Waals surface area contributed by atoms with Crippen molar-refractivity contribution in [1.29, 1.82) is 0 Å². The molecule has 1 rings (SSSR count). The number of nitrogens with two attached hydrogens (primary N) is 1. The Hall–Kier alpha value is 0.460. The Morgan fingerprint density at radius 2 is 1.42 bits per heavy atom. The summed E-state index contributed by atoms with van der Waals surface area (Å²) < 4.78 is 0. The van der Waals surface area contributed by atoms with E-state index >= 15 is 0 Å². The van der Waals surface area contributed by atoms with Crippen LogP contribution in [0.4, 0.5) is 0 Å². The Morgan fingerprint density at radius 3 is 1.75 bits per heavy atom. The van der Waals surface area contributed by atoms with Crippen molar-refractivity contribution in [3.05, 3.63) is 0 Å². The van der Waals surface area contributed by atoms with Gasteiger partial charge >= 0.3 is 0 Å². The van der Waals surface area contributed by atoms with Crippen molar-refractivity contribution >= 4 is 24.8 Å². The van der Waals surface area contributed by atoms with E-state index in [0.717, 1.165) is 26.2 Å². The normalized spacial score (nSPS) is 20.0. The van der Waals surface area contributed by atoms with E-state index in [0.29, 0.717) is 6.04 Å². The first-order chi connectivity index (χ1) is 4.70. The molecule has 0 aromatic heterocycles. The Kier molecular flexibility index (Phi) is 8.63. The highest BCUT2D eigenvalue weighted by Gasteiger charge is 2.15. The molecule has 1 aliphatic heterocycles. The van der Waals surface area contributed by atoms with Gasteiger partial charge in [-0.2, -0.15) is 0 Å². The van der Waals surface area contributed by atoms with Gasteiger partial charge in [-0.1, -0.05) is 0 Å². The lowest BCUT2D eigenvalue weighted by Crippen LogP contribution is -2.51. The van der Waals surface area contributed by atoms with E-state index in [4.69, 9.17) is 5.84 Å². The van der Waals surface area contributed by atoms with Crippen molar-refractivity contribution in [3.8, 4) is 0 Å². The molecule has 12 heavy (non-hydrogen) atoms. The van der Waals surface area contributed by atoms with Crippen LogP contribution in [0.1, 0.15) is 13.8 Å². The highest BCUT2D eigenvalue weighted by atomic mass is 35.5. The third-order valence-electron chi connectivity index (χ3n) is 2.08. The first-order valence-corrected chi connectivity index (χ1v) is 3.94. The maximum absolute atomic E-state index is 5.60. The standard InChI is InChI=1S/C7H17N3.2ClH/c1-7(2)9-3-5-10(8)6-4-9;;/h7H,3-6,8H2,1-2H3;2*1H. The summed E-state index contributed by atoms with van der Waals surface area (Å²) in [6, 6.07) is 0.675. The van der Waals surface area contributed by atoms with Crippen LogP contribution in [0.2, 0.25) is 0 Å². The zero-order chi connectivity index (χ0) is 7.56. The Balaban J connectivity index is 0. The van der Waals surface area contributed by atoms with Crippen molar-refractivity contribution in [2.24, 2.45) is 5.84 Å². The molecule has 3 nitrogen and oxygen atoms in total. The number of halogens is 2. The highest BCUT2D eigenvalue weighted by molar-refractivity contribution is 5.85. The van der Waals surface area contributed by atoms with E-state index in [1.54, 1.807) is 0 Å². The molecule has 0 spiro atoms. The molecule has 5 heteroatoms. The fraction of sp³-hybridized carbons (Fsp3) is 1.00. The molecule has 1 saturated heterocycles. The first-order valence-electron chi connectivity index (χ1n) is 3.94. The van der Waals surface area contributed by atoms with E-state index in [1.165, 1.54) is 0 Å². The summed E-state index contributed by atoms with van der Waals surface area (Å²) in [5, 5.41) is 1.89. The third kappa shape index (κ3) is 4.48. The van der Waals surface area contributed by atoms with Gasteiger partial charge < -0.3 is 0 Å². The van der Waals surface area contributed by atoms with Crippen LogP contribution < -0.4 is 5.84 Å². The summed E-state index contributed by atoms with van der Waals surface area (Å²) in [5.41, 5.74) is 0. The highest BCUT2D eigenvalue weighted by Crippen LogP contribution is 2.01. The van der Waals surface area contributed by atoms with Crippen LogP contribution >= 0.6 is 24.8 Å². The molecule has 2 N–H and O–H groups in total. The van der Waals surface area contributed by atoms with Gasteiger partial charge in [0.05, 0.1) is 0 Å². The first kappa shape index (κ1) is 15.0. The van der Waals surface area contributed by atoms with Gasteiger partial charge in [0.15, 0.2) is 0 Å². The zero-order valence-electron chi connectivity index (χ0n) is 7.69. The van der Waals surface area contributed by atoms with Crippen molar-refractivity contribution in [3.63, 3.8) is 0 Å². The van der Waals surface area contributed by atoms with Crippen LogP contribution in [0.15, 0.2) is 0 Å². The van der Waals surface area contributed by atoms with Crippen LogP contribution in [0.5, 0.6) is 0 Å². The topological polar surface area (TPSA) is 32.5 Å². The molecule has 1 heterocycles. The van der Waals surface area contributed by atoms with Crippen LogP contribution in [-0.2, 0) is 0 Å². The van der Waals surface area contributed by atoms with Crippen molar-refractivity contribution < 1.29 is 0 Å². The van der Waals surface area contributed by atoms with Crippen LogP contribution in [0.3, 0.4) is 0 Å². The Morgan fingerprint density at radius 1 is 1.00 bits per heavy atom. The molecule has 0 radical (unpaired) electrons. The monoisotopic (exact) mass is 215 g/mol. The van der Waals surface area contributed by atoms with Gasteiger partial charge in [0.2, 0.25) is 0 Å². The number of nitrogens with zero attached hydrogens (tertiary/aromatic N) is 2. The molecule has 0 saturated carbocycles. The number of hydrogen-bond acceptors (Lipinski definition) is 3. The number of piperazine rings is 1. The van der Waals surface area contributed by atoms with E-state index in [1.807, 2.05) is 5.01 Å². The average molecular weight is 216 g/mol. The average Bonchev–Trinajstić information content (AvgIpc) is 1.88. The van der Waals surface area contributed by atoms with E-state index in [9.17, 15) is 0 Å². The fourth-order valence-corrected chi connectivity index (χ4v) is 1.25. The second kappa shape index (κ2) is 6.92. The largest absolute Gasteiger partial charge is 0.298 e. The van der Waals surface area contributed by atoms with Crippen LogP contribution in [0.25, 0.3) is 0 Å². The molecular formula is C7H19Cl2N3. The van der Waals surface area contributed by atoms with Gasteiger partial charge in [-0.05, 0) is 13.8 Å².